The van der Waals surface area contributed by atoms with Crippen molar-refractivity contribution in [3.63, 3.8) is 0 Å². The Labute approximate surface area is 122 Å². The van der Waals surface area contributed by atoms with E-state index in [1.165, 1.54) is 4.57 Å². The van der Waals surface area contributed by atoms with Crippen LogP contribution in [0, 0.1) is 0 Å². The van der Waals surface area contributed by atoms with Crippen LogP contribution in [0.3, 0.4) is 0 Å². The molecule has 3 heterocycles. The van der Waals surface area contributed by atoms with Crippen LogP contribution < -0.4 is 5.76 Å². The van der Waals surface area contributed by atoms with Crippen LogP contribution >= 0.6 is 0 Å². The number of rotatable bonds is 4. The van der Waals surface area contributed by atoms with Crippen LogP contribution in [0.25, 0.3) is 11.5 Å². The van der Waals surface area contributed by atoms with Gasteiger partial charge < -0.3 is 4.74 Å². The summed E-state index contributed by atoms with van der Waals surface area (Å²) in [6.45, 7) is 5.82. The number of hydrogen-bond donors (Lipinski definition) is 0. The van der Waals surface area contributed by atoms with Crippen LogP contribution in [-0.2, 0) is 11.3 Å². The third kappa shape index (κ3) is 3.20. The fraction of sp³-hybridized carbons (Fsp3) is 0.500. The number of hydrogen-bond acceptors (Lipinski definition) is 6. The van der Waals surface area contributed by atoms with E-state index in [0.717, 1.165) is 26.2 Å². The number of ether oxygens (including phenoxy) is 1. The molecule has 0 aromatic carbocycles. The van der Waals surface area contributed by atoms with Gasteiger partial charge in [-0.25, -0.2) is 4.79 Å². The van der Waals surface area contributed by atoms with Crippen molar-refractivity contribution in [1.82, 2.24) is 19.6 Å². The molecule has 0 radical (unpaired) electrons. The van der Waals surface area contributed by atoms with Crippen LogP contribution in [-0.4, -0.2) is 52.0 Å². The summed E-state index contributed by atoms with van der Waals surface area (Å²) in [5.41, 5.74) is 0.638. The van der Waals surface area contributed by atoms with Crippen molar-refractivity contribution >= 4 is 0 Å². The first kappa shape index (κ1) is 14.0. The Morgan fingerprint density at radius 2 is 2.29 bits per heavy atom. The van der Waals surface area contributed by atoms with Gasteiger partial charge in [-0.1, -0.05) is 11.2 Å². The lowest BCUT2D eigenvalue weighted by atomic mass is 10.3. The van der Waals surface area contributed by atoms with Gasteiger partial charge in [0.2, 0.25) is 5.82 Å². The smallest absolute Gasteiger partial charge is 0.376 e. The molecule has 1 unspecified atom stereocenters. The van der Waals surface area contributed by atoms with Gasteiger partial charge in [0.05, 0.1) is 12.7 Å². The third-order valence-electron chi connectivity index (χ3n) is 3.55. The highest BCUT2D eigenvalue weighted by atomic mass is 16.5. The van der Waals surface area contributed by atoms with Crippen LogP contribution in [0.5, 0.6) is 0 Å². The lowest BCUT2D eigenvalue weighted by Crippen LogP contribution is -2.42. The van der Waals surface area contributed by atoms with Gasteiger partial charge in [0.25, 0.3) is 0 Å². The zero-order valence-electron chi connectivity index (χ0n) is 11.9. The fourth-order valence-electron chi connectivity index (χ4n) is 2.48. The largest absolute Gasteiger partial charge is 0.441 e. The minimum Gasteiger partial charge on any atom is -0.376 e. The van der Waals surface area contributed by atoms with E-state index in [9.17, 15) is 4.79 Å². The van der Waals surface area contributed by atoms with Crippen LogP contribution in [0.1, 0.15) is 6.92 Å². The SMILES string of the molecule is CC1CN(CCn2c(-c3ccccn3)noc2=O)CCO1. The predicted molar refractivity (Wildman–Crippen MR) is 75.8 cm³/mol. The van der Waals surface area contributed by atoms with E-state index < -0.39 is 5.76 Å². The lowest BCUT2D eigenvalue weighted by molar-refractivity contribution is -0.0192. The highest BCUT2D eigenvalue weighted by molar-refractivity contribution is 5.47. The maximum absolute atomic E-state index is 11.8. The Morgan fingerprint density at radius 3 is 3.05 bits per heavy atom. The van der Waals surface area contributed by atoms with E-state index in [-0.39, 0.29) is 6.10 Å². The monoisotopic (exact) mass is 290 g/mol. The molecule has 0 aliphatic carbocycles. The molecule has 0 bridgehead atoms. The summed E-state index contributed by atoms with van der Waals surface area (Å²) in [4.78, 5) is 18.3. The van der Waals surface area contributed by atoms with Crippen molar-refractivity contribution in [2.24, 2.45) is 0 Å². The normalized spacial score (nSPS) is 19.8. The molecule has 0 spiro atoms. The number of nitrogens with zero attached hydrogens (tertiary/aromatic N) is 4. The fourth-order valence-corrected chi connectivity index (χ4v) is 2.48. The zero-order valence-corrected chi connectivity index (χ0v) is 11.9. The Kier molecular flexibility index (Phi) is 4.12. The summed E-state index contributed by atoms with van der Waals surface area (Å²) in [5, 5.41) is 3.83. The van der Waals surface area contributed by atoms with Crippen molar-refractivity contribution in [3.8, 4) is 11.5 Å². The Morgan fingerprint density at radius 1 is 1.38 bits per heavy atom. The Bertz CT molecular complexity index is 637. The lowest BCUT2D eigenvalue weighted by Gasteiger charge is -2.30. The van der Waals surface area contributed by atoms with E-state index >= 15 is 0 Å². The molecule has 7 nitrogen and oxygen atoms in total. The second-order valence-corrected chi connectivity index (χ2v) is 5.12. The molecule has 0 saturated carbocycles. The maximum Gasteiger partial charge on any atom is 0.441 e. The highest BCUT2D eigenvalue weighted by Crippen LogP contribution is 2.12. The Balaban J connectivity index is 1.74. The van der Waals surface area contributed by atoms with E-state index in [1.54, 1.807) is 6.20 Å². The second-order valence-electron chi connectivity index (χ2n) is 5.12. The minimum atomic E-state index is -0.447. The molecule has 7 heteroatoms. The summed E-state index contributed by atoms with van der Waals surface area (Å²) in [6, 6.07) is 5.49. The molecule has 1 fully saturated rings. The molecule has 2 aromatic heterocycles. The number of aromatic nitrogens is 3. The molecular weight excluding hydrogens is 272 g/mol. The molecule has 1 atom stereocenters. The highest BCUT2D eigenvalue weighted by Gasteiger charge is 2.18. The van der Waals surface area contributed by atoms with Crippen LogP contribution in [0.15, 0.2) is 33.7 Å². The predicted octanol–water partition coefficient (Wildman–Crippen LogP) is 0.619. The number of morpholine rings is 1. The third-order valence-corrected chi connectivity index (χ3v) is 3.55. The van der Waals surface area contributed by atoms with E-state index in [2.05, 4.69) is 22.0 Å². The molecule has 1 saturated heterocycles. The molecule has 1 aliphatic heterocycles. The first-order valence-corrected chi connectivity index (χ1v) is 7.06. The molecular formula is C14H18N4O3. The maximum atomic E-state index is 11.8. The van der Waals surface area contributed by atoms with Gasteiger partial charge >= 0.3 is 5.76 Å². The van der Waals surface area contributed by atoms with Crippen molar-refractivity contribution in [3.05, 3.63) is 34.9 Å². The number of pyridine rings is 1. The first-order chi connectivity index (χ1) is 10.2. The second kappa shape index (κ2) is 6.19. The van der Waals surface area contributed by atoms with Crippen LogP contribution in [0.2, 0.25) is 0 Å². The minimum absolute atomic E-state index is 0.230. The van der Waals surface area contributed by atoms with Crippen molar-refractivity contribution in [2.45, 2.75) is 19.6 Å². The molecule has 1 aliphatic rings. The van der Waals surface area contributed by atoms with Crippen molar-refractivity contribution in [2.75, 3.05) is 26.2 Å². The quantitative estimate of drug-likeness (QED) is 0.822. The molecule has 2 aromatic rings. The standard InChI is InChI=1S/C14H18N4O3/c1-11-10-17(8-9-20-11)6-7-18-13(16-21-14(18)19)12-4-2-3-5-15-12/h2-5,11H,6-10H2,1H3. The molecule has 21 heavy (non-hydrogen) atoms. The average Bonchev–Trinajstić information content (AvgIpc) is 2.87. The molecule has 0 N–H and O–H groups in total. The van der Waals surface area contributed by atoms with Gasteiger partial charge in [-0.2, -0.15) is 0 Å². The molecule has 0 amide bonds. The van der Waals surface area contributed by atoms with Gasteiger partial charge in [-0.3, -0.25) is 19.0 Å². The van der Waals surface area contributed by atoms with E-state index in [4.69, 9.17) is 9.26 Å². The topological polar surface area (TPSA) is 73.4 Å². The van der Waals surface area contributed by atoms with Crippen LogP contribution in [0.4, 0.5) is 0 Å². The first-order valence-electron chi connectivity index (χ1n) is 7.06. The van der Waals surface area contributed by atoms with Gasteiger partial charge in [-0.05, 0) is 19.1 Å². The van der Waals surface area contributed by atoms with Gasteiger partial charge in [0.15, 0.2) is 0 Å². The Hall–Kier alpha value is -1.99. The summed E-state index contributed by atoms with van der Waals surface area (Å²) in [7, 11) is 0. The average molecular weight is 290 g/mol. The summed E-state index contributed by atoms with van der Waals surface area (Å²) >= 11 is 0. The summed E-state index contributed by atoms with van der Waals surface area (Å²) < 4.78 is 11.8. The van der Waals surface area contributed by atoms with Crippen molar-refractivity contribution in [1.29, 1.82) is 0 Å². The van der Waals surface area contributed by atoms with Gasteiger partial charge in [-0.15, -0.1) is 0 Å². The summed E-state index contributed by atoms with van der Waals surface area (Å²) in [5.74, 6) is 0.0267. The zero-order chi connectivity index (χ0) is 14.7. The van der Waals surface area contributed by atoms with E-state index in [0.29, 0.717) is 18.1 Å². The van der Waals surface area contributed by atoms with Gasteiger partial charge in [0.1, 0.15) is 5.69 Å². The molecule has 3 rings (SSSR count). The van der Waals surface area contributed by atoms with E-state index in [1.807, 2.05) is 18.2 Å². The molecule has 112 valence electrons. The van der Waals surface area contributed by atoms with Gasteiger partial charge in [0, 0.05) is 32.4 Å². The van der Waals surface area contributed by atoms with Crippen molar-refractivity contribution < 1.29 is 9.26 Å². The summed E-state index contributed by atoms with van der Waals surface area (Å²) in [6.07, 6.45) is 1.90.